The molecule has 0 aliphatic rings. The molecule has 19 heteroatoms. The summed E-state index contributed by atoms with van der Waals surface area (Å²) < 4.78 is 13.9. The van der Waals surface area contributed by atoms with Crippen molar-refractivity contribution in [2.45, 2.75) is 77.0 Å². The number of carbonyl (C=O) groups excluding carboxylic acids is 6. The van der Waals surface area contributed by atoms with Crippen molar-refractivity contribution < 1.29 is 33.2 Å². The van der Waals surface area contributed by atoms with E-state index in [4.69, 9.17) is 40.3 Å². The fourth-order valence-corrected chi connectivity index (χ4v) is 6.34. The van der Waals surface area contributed by atoms with Gasteiger partial charge in [-0.15, -0.1) is 0 Å². The number of carbonyl (C=O) groups is 6. The van der Waals surface area contributed by atoms with Gasteiger partial charge in [0.1, 0.15) is 30.0 Å². The maximum atomic E-state index is 14.5. The van der Waals surface area contributed by atoms with Gasteiger partial charge in [-0.3, -0.25) is 38.7 Å². The van der Waals surface area contributed by atoms with Gasteiger partial charge in [0.15, 0.2) is 11.9 Å². The Morgan fingerprint density at radius 2 is 1.36 bits per heavy atom. The lowest BCUT2D eigenvalue weighted by Gasteiger charge is -2.30. The smallest absolute Gasteiger partial charge is 0.253 e. The summed E-state index contributed by atoms with van der Waals surface area (Å²) in [7, 11) is 0. The molecule has 0 saturated heterocycles. The first-order valence-corrected chi connectivity index (χ1v) is 19.7. The Labute approximate surface area is 358 Å². The second-order valence-corrected chi connectivity index (χ2v) is 15.0. The summed E-state index contributed by atoms with van der Waals surface area (Å²) in [5.74, 6) is -5.93. The Morgan fingerprint density at radius 3 is 1.93 bits per heavy atom. The molecule has 0 aromatic heterocycles. The SMILES string of the molecule is CC(=O)N(C(=O)/C=C/c1cccc(Cl)c1)[C@@H](Cc1ccc(F)cc1)C(=O)N[C@@H](Cc1ccc(N=C(N)N)cc1)C(=O)N[C@@H](CC(C)C)C(=O)N[C@@H](CCCN=C(N)N)C(N)=O. The average molecular weight is 862 g/mol. The number of primary amides is 1. The first kappa shape index (κ1) is 48.5. The largest absolute Gasteiger partial charge is 0.370 e. The zero-order chi connectivity index (χ0) is 45.2. The van der Waals surface area contributed by atoms with E-state index >= 15 is 0 Å². The number of aliphatic imine (C=N–C) groups is 2. The predicted molar refractivity (Wildman–Crippen MR) is 232 cm³/mol. The molecule has 6 amide bonds. The number of nitrogens with one attached hydrogen (secondary N) is 3. The first-order valence-electron chi connectivity index (χ1n) is 19.3. The van der Waals surface area contributed by atoms with Crippen LogP contribution in [0.4, 0.5) is 10.1 Å². The topological polar surface area (TPSA) is 297 Å². The number of imide groups is 1. The second kappa shape index (κ2) is 23.7. The van der Waals surface area contributed by atoms with Crippen LogP contribution in [-0.2, 0) is 41.6 Å². The summed E-state index contributed by atoms with van der Waals surface area (Å²) >= 11 is 6.10. The number of hydrogen-bond donors (Lipinski definition) is 8. The van der Waals surface area contributed by atoms with Crippen LogP contribution in [0.5, 0.6) is 0 Å². The summed E-state index contributed by atoms with van der Waals surface area (Å²) in [4.78, 5) is 90.5. The molecule has 0 aliphatic carbocycles. The van der Waals surface area contributed by atoms with Gasteiger partial charge in [0.25, 0.3) is 5.91 Å². The predicted octanol–water partition coefficient (Wildman–Crippen LogP) is 1.67. The number of halogens is 2. The number of rotatable bonds is 21. The molecule has 3 aromatic rings. The molecule has 0 bridgehead atoms. The maximum Gasteiger partial charge on any atom is 0.253 e. The molecule has 0 saturated carbocycles. The molecule has 326 valence electrons. The van der Waals surface area contributed by atoms with Crippen LogP contribution < -0.4 is 44.6 Å². The van der Waals surface area contributed by atoms with E-state index in [0.717, 1.165) is 30.0 Å². The molecule has 3 aromatic carbocycles. The van der Waals surface area contributed by atoms with Gasteiger partial charge in [-0.2, -0.15) is 0 Å². The van der Waals surface area contributed by atoms with Crippen LogP contribution in [0, 0.1) is 11.7 Å². The van der Waals surface area contributed by atoms with Crippen molar-refractivity contribution in [2.75, 3.05) is 6.54 Å². The average Bonchev–Trinajstić information content (AvgIpc) is 3.18. The Hall–Kier alpha value is -6.82. The minimum atomic E-state index is -1.55. The lowest BCUT2D eigenvalue weighted by molar-refractivity contribution is -0.148. The fraction of sp³-hybridized carbons (Fsp3) is 0.333. The van der Waals surface area contributed by atoms with Crippen LogP contribution in [0.1, 0.15) is 56.7 Å². The van der Waals surface area contributed by atoms with Crippen molar-refractivity contribution in [1.29, 1.82) is 0 Å². The quantitative estimate of drug-likeness (QED) is 0.0332. The molecule has 0 radical (unpaired) electrons. The highest BCUT2D eigenvalue weighted by Gasteiger charge is 2.36. The van der Waals surface area contributed by atoms with Crippen LogP contribution in [-0.4, -0.2) is 83.0 Å². The van der Waals surface area contributed by atoms with Gasteiger partial charge >= 0.3 is 0 Å². The highest BCUT2D eigenvalue weighted by molar-refractivity contribution is 6.30. The van der Waals surface area contributed by atoms with Gasteiger partial charge in [0.2, 0.25) is 29.5 Å². The van der Waals surface area contributed by atoms with Crippen LogP contribution in [0.25, 0.3) is 6.08 Å². The lowest BCUT2D eigenvalue weighted by Crippen LogP contribution is -2.59. The Kier molecular flexibility index (Phi) is 18.9. The normalized spacial score (nSPS) is 13.0. The standard InChI is InChI=1S/C42H53ClFN11O6/c1-24(2)20-33(38(59)52-32(37(45)58)8-5-19-50-41(46)47)53-39(60)34(22-27-11-16-31(17-12-27)51-42(48)49)54-40(61)35(23-28-9-14-30(44)15-10-28)55(25(3)56)36(57)18-13-26-6-4-7-29(43)21-26/h4,6-7,9-18,21,24,32-35H,5,8,19-20,22-23H2,1-3H3,(H2,45,58)(H,52,59)(H,53,60)(H,54,61)(H4,46,47,50)(H4,48,49,51)/b18-13+/t32-,33-,34-,35-/m0/s1. The number of hydrogen-bond acceptors (Lipinski definition) is 8. The second-order valence-electron chi connectivity index (χ2n) is 14.5. The van der Waals surface area contributed by atoms with Crippen LogP contribution >= 0.6 is 11.6 Å². The summed E-state index contributed by atoms with van der Waals surface area (Å²) in [5, 5.41) is 8.41. The van der Waals surface area contributed by atoms with Crippen molar-refractivity contribution in [3.63, 3.8) is 0 Å². The number of benzene rings is 3. The van der Waals surface area contributed by atoms with Gasteiger partial charge in [0.05, 0.1) is 5.69 Å². The van der Waals surface area contributed by atoms with Gasteiger partial charge in [0, 0.05) is 37.4 Å². The highest BCUT2D eigenvalue weighted by atomic mass is 35.5. The van der Waals surface area contributed by atoms with Gasteiger partial charge < -0.3 is 44.6 Å². The minimum absolute atomic E-state index is 0.101. The summed E-state index contributed by atoms with van der Waals surface area (Å²) in [6, 6.07) is 12.8. The van der Waals surface area contributed by atoms with Gasteiger partial charge in [-0.1, -0.05) is 61.8 Å². The van der Waals surface area contributed by atoms with E-state index in [0.29, 0.717) is 33.8 Å². The Bertz CT molecular complexity index is 2100. The van der Waals surface area contributed by atoms with Gasteiger partial charge in [-0.05, 0) is 84.3 Å². The van der Waals surface area contributed by atoms with E-state index in [1.54, 1.807) is 48.5 Å². The number of guanidine groups is 2. The first-order chi connectivity index (χ1) is 28.8. The molecule has 61 heavy (non-hydrogen) atoms. The third kappa shape index (κ3) is 16.8. The third-order valence-corrected chi connectivity index (χ3v) is 9.25. The van der Waals surface area contributed by atoms with Gasteiger partial charge in [-0.25, -0.2) is 9.38 Å². The zero-order valence-corrected chi connectivity index (χ0v) is 34.9. The lowest BCUT2D eigenvalue weighted by atomic mass is 9.99. The minimum Gasteiger partial charge on any atom is -0.370 e. The van der Waals surface area contributed by atoms with Crippen molar-refractivity contribution in [1.82, 2.24) is 20.9 Å². The van der Waals surface area contributed by atoms with Crippen molar-refractivity contribution in [2.24, 2.45) is 44.6 Å². The van der Waals surface area contributed by atoms with Crippen molar-refractivity contribution in [3.05, 3.63) is 106 Å². The number of amides is 6. The van der Waals surface area contributed by atoms with E-state index in [9.17, 15) is 33.2 Å². The molecule has 0 unspecified atom stereocenters. The summed E-state index contributed by atoms with van der Waals surface area (Å²) in [5.41, 5.74) is 29.2. The highest BCUT2D eigenvalue weighted by Crippen LogP contribution is 2.18. The van der Waals surface area contributed by atoms with Crippen molar-refractivity contribution in [3.8, 4) is 0 Å². The van der Waals surface area contributed by atoms with Crippen molar-refractivity contribution >= 4 is 70.7 Å². The molecule has 0 fully saturated rings. The molecule has 4 atom stereocenters. The zero-order valence-electron chi connectivity index (χ0n) is 34.1. The van der Waals surface area contributed by atoms with Crippen LogP contribution in [0.2, 0.25) is 5.02 Å². The van der Waals surface area contributed by atoms with Crippen LogP contribution in [0.3, 0.4) is 0 Å². The van der Waals surface area contributed by atoms with E-state index in [1.807, 2.05) is 13.8 Å². The molecular formula is C42H53ClFN11O6. The van der Waals surface area contributed by atoms with Crippen LogP contribution in [0.15, 0.2) is 88.9 Å². The molecule has 17 nitrogen and oxygen atoms in total. The Morgan fingerprint density at radius 1 is 0.770 bits per heavy atom. The molecule has 3 rings (SSSR count). The molecule has 0 heterocycles. The van der Waals surface area contributed by atoms with E-state index < -0.39 is 65.4 Å². The Balaban J connectivity index is 2.03. The molecular weight excluding hydrogens is 809 g/mol. The fourth-order valence-electron chi connectivity index (χ4n) is 6.14. The number of nitrogens with two attached hydrogens (primary N) is 5. The van der Waals surface area contributed by atoms with E-state index in [-0.39, 0.29) is 50.1 Å². The molecule has 0 spiro atoms. The number of nitrogens with zero attached hydrogens (tertiary/aromatic N) is 3. The van der Waals surface area contributed by atoms with E-state index in [1.165, 1.54) is 18.2 Å². The summed E-state index contributed by atoms with van der Waals surface area (Å²) in [6.45, 7) is 4.92. The third-order valence-electron chi connectivity index (χ3n) is 9.01. The van der Waals surface area contributed by atoms with E-state index in [2.05, 4.69) is 25.9 Å². The monoisotopic (exact) mass is 861 g/mol. The summed E-state index contributed by atoms with van der Waals surface area (Å²) in [6.07, 6.45) is 2.63. The molecule has 13 N–H and O–H groups in total. The molecule has 0 aliphatic heterocycles. The maximum absolute atomic E-state index is 14.5.